The van der Waals surface area contributed by atoms with E-state index in [1.807, 2.05) is 29.2 Å². The maximum atomic E-state index is 12.4. The largest absolute Gasteiger partial charge is 0.497 e. The molecule has 1 N–H and O–H groups in total. The van der Waals surface area contributed by atoms with E-state index in [-0.39, 0.29) is 5.91 Å². The van der Waals surface area contributed by atoms with Crippen molar-refractivity contribution < 1.29 is 9.53 Å². The predicted octanol–water partition coefficient (Wildman–Crippen LogP) is 0.987. The summed E-state index contributed by atoms with van der Waals surface area (Å²) >= 11 is 0. The summed E-state index contributed by atoms with van der Waals surface area (Å²) < 4.78 is 5.16. The zero-order valence-corrected chi connectivity index (χ0v) is 10.6. The lowest BCUT2D eigenvalue weighted by molar-refractivity contribution is 0.0781. The van der Waals surface area contributed by atoms with Crippen LogP contribution < -0.4 is 10.1 Å². The highest BCUT2D eigenvalue weighted by Crippen LogP contribution is 2.27. The van der Waals surface area contributed by atoms with Crippen LogP contribution in [0.3, 0.4) is 0 Å². The summed E-state index contributed by atoms with van der Waals surface area (Å²) in [5, 5.41) is 3.38. The van der Waals surface area contributed by atoms with Crippen LogP contribution in [0.1, 0.15) is 10.4 Å². The normalized spacial score (nSPS) is 26.2. The van der Waals surface area contributed by atoms with E-state index in [0.29, 0.717) is 11.8 Å². The molecule has 2 saturated heterocycles. The van der Waals surface area contributed by atoms with Gasteiger partial charge < -0.3 is 15.0 Å². The number of ether oxygens (including phenoxy) is 1. The van der Waals surface area contributed by atoms with E-state index < -0.39 is 0 Å². The van der Waals surface area contributed by atoms with E-state index in [9.17, 15) is 4.79 Å². The molecule has 3 rings (SSSR count). The Morgan fingerprint density at radius 1 is 1.33 bits per heavy atom. The van der Waals surface area contributed by atoms with Crippen LogP contribution in [-0.4, -0.2) is 44.1 Å². The number of hydrogen-bond donors (Lipinski definition) is 1. The van der Waals surface area contributed by atoms with E-state index in [4.69, 9.17) is 4.74 Å². The van der Waals surface area contributed by atoms with Gasteiger partial charge >= 0.3 is 0 Å². The quantitative estimate of drug-likeness (QED) is 0.846. The zero-order valence-electron chi connectivity index (χ0n) is 10.6. The SMILES string of the molecule is COc1cccc(C(=O)N2C[C@H]3CNC[C@@H]3C2)c1. The highest BCUT2D eigenvalue weighted by atomic mass is 16.5. The van der Waals surface area contributed by atoms with Gasteiger partial charge in [-0.15, -0.1) is 0 Å². The van der Waals surface area contributed by atoms with Crippen molar-refractivity contribution in [1.82, 2.24) is 10.2 Å². The highest BCUT2D eigenvalue weighted by Gasteiger charge is 2.38. The van der Waals surface area contributed by atoms with Crippen molar-refractivity contribution in [1.29, 1.82) is 0 Å². The van der Waals surface area contributed by atoms with Crippen LogP contribution in [0.25, 0.3) is 0 Å². The number of carbonyl (C=O) groups excluding carboxylic acids is 1. The lowest BCUT2D eigenvalue weighted by Gasteiger charge is -2.17. The minimum Gasteiger partial charge on any atom is -0.497 e. The number of amides is 1. The lowest BCUT2D eigenvalue weighted by atomic mass is 10.0. The van der Waals surface area contributed by atoms with E-state index in [0.717, 1.165) is 37.5 Å². The molecule has 0 bridgehead atoms. The number of carbonyl (C=O) groups is 1. The lowest BCUT2D eigenvalue weighted by Crippen LogP contribution is -2.31. The van der Waals surface area contributed by atoms with Gasteiger partial charge in [-0.25, -0.2) is 0 Å². The fourth-order valence-electron chi connectivity index (χ4n) is 2.96. The van der Waals surface area contributed by atoms with Crippen molar-refractivity contribution in [2.75, 3.05) is 33.3 Å². The average molecular weight is 246 g/mol. The fraction of sp³-hybridized carbons (Fsp3) is 0.500. The number of methoxy groups -OCH3 is 1. The summed E-state index contributed by atoms with van der Waals surface area (Å²) in [7, 11) is 1.62. The molecule has 4 nitrogen and oxygen atoms in total. The Morgan fingerprint density at radius 2 is 2.06 bits per heavy atom. The molecule has 0 aliphatic carbocycles. The van der Waals surface area contributed by atoms with Crippen molar-refractivity contribution in [3.8, 4) is 5.75 Å². The predicted molar refractivity (Wildman–Crippen MR) is 68.7 cm³/mol. The summed E-state index contributed by atoms with van der Waals surface area (Å²) in [6, 6.07) is 7.40. The van der Waals surface area contributed by atoms with Gasteiger partial charge in [0.2, 0.25) is 0 Å². The van der Waals surface area contributed by atoms with Crippen LogP contribution in [0.5, 0.6) is 5.75 Å². The van der Waals surface area contributed by atoms with Gasteiger partial charge in [0.05, 0.1) is 7.11 Å². The topological polar surface area (TPSA) is 41.6 Å². The summed E-state index contributed by atoms with van der Waals surface area (Å²) in [5.74, 6) is 2.14. The molecule has 1 aromatic carbocycles. The monoisotopic (exact) mass is 246 g/mol. The number of nitrogens with zero attached hydrogens (tertiary/aromatic N) is 1. The molecule has 0 saturated carbocycles. The standard InChI is InChI=1S/C14H18N2O2/c1-18-13-4-2-3-10(5-13)14(17)16-8-11-6-15-7-12(11)9-16/h2-5,11-12,15H,6-9H2,1H3/t11-,12-/m1/s1. The van der Waals surface area contributed by atoms with Gasteiger partial charge in [0.1, 0.15) is 5.75 Å². The summed E-state index contributed by atoms with van der Waals surface area (Å²) in [4.78, 5) is 14.4. The van der Waals surface area contributed by atoms with Crippen molar-refractivity contribution in [3.63, 3.8) is 0 Å². The van der Waals surface area contributed by atoms with Gasteiger partial charge in [-0.3, -0.25) is 4.79 Å². The van der Waals surface area contributed by atoms with Gasteiger partial charge in [-0.05, 0) is 30.0 Å². The molecule has 2 fully saturated rings. The minimum atomic E-state index is 0.128. The smallest absolute Gasteiger partial charge is 0.254 e. The van der Waals surface area contributed by atoms with Crippen LogP contribution >= 0.6 is 0 Å². The molecule has 2 heterocycles. The molecular formula is C14H18N2O2. The Morgan fingerprint density at radius 3 is 2.72 bits per heavy atom. The van der Waals surface area contributed by atoms with Crippen molar-refractivity contribution in [3.05, 3.63) is 29.8 Å². The molecule has 0 radical (unpaired) electrons. The summed E-state index contributed by atoms with van der Waals surface area (Å²) in [6.07, 6.45) is 0. The molecule has 2 aliphatic rings. The fourth-order valence-corrected chi connectivity index (χ4v) is 2.96. The summed E-state index contributed by atoms with van der Waals surface area (Å²) in [5.41, 5.74) is 0.724. The first-order valence-corrected chi connectivity index (χ1v) is 6.42. The third-order valence-corrected chi connectivity index (χ3v) is 3.99. The van der Waals surface area contributed by atoms with E-state index in [2.05, 4.69) is 5.32 Å². The molecule has 1 aromatic rings. The number of likely N-dealkylation sites (tertiary alicyclic amines) is 1. The maximum Gasteiger partial charge on any atom is 0.254 e. The summed E-state index contributed by atoms with van der Waals surface area (Å²) in [6.45, 7) is 3.86. The number of hydrogen-bond acceptors (Lipinski definition) is 3. The Bertz CT molecular complexity index is 449. The van der Waals surface area contributed by atoms with Crippen LogP contribution in [0.2, 0.25) is 0 Å². The molecule has 2 atom stereocenters. The second-order valence-electron chi connectivity index (χ2n) is 5.12. The number of benzene rings is 1. The Kier molecular flexibility index (Phi) is 2.96. The average Bonchev–Trinajstić information content (AvgIpc) is 2.98. The first-order chi connectivity index (χ1) is 8.78. The van der Waals surface area contributed by atoms with Gasteiger partial charge in [-0.2, -0.15) is 0 Å². The van der Waals surface area contributed by atoms with E-state index >= 15 is 0 Å². The molecule has 2 aliphatic heterocycles. The third kappa shape index (κ3) is 1.97. The number of nitrogens with one attached hydrogen (secondary N) is 1. The molecule has 4 heteroatoms. The van der Waals surface area contributed by atoms with Crippen LogP contribution in [0.4, 0.5) is 0 Å². The minimum absolute atomic E-state index is 0.128. The first-order valence-electron chi connectivity index (χ1n) is 6.42. The molecule has 96 valence electrons. The van der Waals surface area contributed by atoms with Crippen LogP contribution in [-0.2, 0) is 0 Å². The van der Waals surface area contributed by atoms with E-state index in [1.54, 1.807) is 7.11 Å². The van der Waals surface area contributed by atoms with Gasteiger partial charge in [0.15, 0.2) is 0 Å². The Hall–Kier alpha value is -1.55. The van der Waals surface area contributed by atoms with Crippen molar-refractivity contribution in [2.24, 2.45) is 11.8 Å². The molecule has 0 aromatic heterocycles. The van der Waals surface area contributed by atoms with Gasteiger partial charge in [0, 0.05) is 31.7 Å². The molecular weight excluding hydrogens is 228 g/mol. The molecule has 1 amide bonds. The van der Waals surface area contributed by atoms with Crippen LogP contribution in [0, 0.1) is 11.8 Å². The van der Waals surface area contributed by atoms with Crippen LogP contribution in [0.15, 0.2) is 24.3 Å². The second kappa shape index (κ2) is 4.61. The van der Waals surface area contributed by atoms with Gasteiger partial charge in [-0.1, -0.05) is 6.07 Å². The number of fused-ring (bicyclic) bond motifs is 1. The van der Waals surface area contributed by atoms with Gasteiger partial charge in [0.25, 0.3) is 5.91 Å². The maximum absolute atomic E-state index is 12.4. The molecule has 0 unspecified atom stereocenters. The van der Waals surface area contributed by atoms with E-state index in [1.165, 1.54) is 0 Å². The van der Waals surface area contributed by atoms with Crippen molar-refractivity contribution in [2.45, 2.75) is 0 Å². The number of rotatable bonds is 2. The zero-order chi connectivity index (χ0) is 12.5. The Balaban J connectivity index is 1.74. The van der Waals surface area contributed by atoms with Crippen molar-refractivity contribution >= 4 is 5.91 Å². The molecule has 0 spiro atoms. The highest BCUT2D eigenvalue weighted by molar-refractivity contribution is 5.94. The second-order valence-corrected chi connectivity index (χ2v) is 5.12. The first kappa shape index (κ1) is 11.5. The molecule has 18 heavy (non-hydrogen) atoms. The third-order valence-electron chi connectivity index (χ3n) is 3.99. The Labute approximate surface area is 107 Å².